The molecule has 4 heteroatoms. The molecule has 0 radical (unpaired) electrons. The lowest BCUT2D eigenvalue weighted by Gasteiger charge is -1.93. The first-order valence-electron chi connectivity index (χ1n) is 6.82. The van der Waals surface area contributed by atoms with Crippen LogP contribution in [0.5, 0.6) is 0 Å². The number of hydrogen-bond donors (Lipinski definition) is 0. The Kier molecular flexibility index (Phi) is 2.29. The molecule has 0 spiro atoms. The topological polar surface area (TPSA) is 34.1 Å². The second kappa shape index (κ2) is 4.03. The number of rotatable bonds is 0. The fourth-order valence-corrected chi connectivity index (χ4v) is 4.93. The Morgan fingerprint density at radius 2 is 1.32 bits per heavy atom. The maximum absolute atomic E-state index is 12.6. The Morgan fingerprint density at radius 3 is 2.05 bits per heavy atom. The van der Waals surface area contributed by atoms with Crippen LogP contribution in [0.2, 0.25) is 0 Å². The molecule has 104 valence electrons. The van der Waals surface area contributed by atoms with Gasteiger partial charge in [-0.25, -0.2) is 0 Å². The largest absolute Gasteiger partial charge is 0.288 e. The summed E-state index contributed by atoms with van der Waals surface area (Å²) in [6, 6.07) is 13.4. The number of halogens is 1. The number of thiophene rings is 1. The lowest BCUT2D eigenvalue weighted by Crippen LogP contribution is -1.93. The van der Waals surface area contributed by atoms with Crippen molar-refractivity contribution in [3.8, 4) is 0 Å². The molecule has 4 aromatic carbocycles. The van der Waals surface area contributed by atoms with E-state index in [0.29, 0.717) is 9.40 Å². The van der Waals surface area contributed by atoms with E-state index >= 15 is 0 Å². The maximum atomic E-state index is 12.6. The molecule has 0 unspecified atom stereocenters. The highest BCUT2D eigenvalue weighted by atomic mass is 79.9. The van der Waals surface area contributed by atoms with E-state index in [2.05, 4.69) is 15.9 Å². The minimum absolute atomic E-state index is 0.0241. The van der Waals surface area contributed by atoms with Crippen molar-refractivity contribution in [3.63, 3.8) is 0 Å². The highest BCUT2D eigenvalue weighted by Crippen LogP contribution is 2.41. The van der Waals surface area contributed by atoms with Gasteiger partial charge in [0.1, 0.15) is 0 Å². The molecule has 0 saturated heterocycles. The third-order valence-corrected chi connectivity index (χ3v) is 5.94. The van der Waals surface area contributed by atoms with Crippen LogP contribution < -0.4 is 10.9 Å². The summed E-state index contributed by atoms with van der Waals surface area (Å²) in [5.74, 6) is 0. The predicted molar refractivity (Wildman–Crippen MR) is 97.0 cm³/mol. The molecule has 2 nitrogen and oxygen atoms in total. The van der Waals surface area contributed by atoms with Crippen LogP contribution in [0.15, 0.2) is 56.5 Å². The monoisotopic (exact) mass is 366 g/mol. The van der Waals surface area contributed by atoms with Crippen LogP contribution in [0.4, 0.5) is 0 Å². The Balaban J connectivity index is 2.21. The molecule has 1 heterocycles. The summed E-state index contributed by atoms with van der Waals surface area (Å²) in [5, 5.41) is 5.22. The van der Waals surface area contributed by atoms with Crippen molar-refractivity contribution in [3.05, 3.63) is 67.4 Å². The summed E-state index contributed by atoms with van der Waals surface area (Å²) >= 11 is 4.75. The number of fused-ring (bicyclic) bond motifs is 7. The van der Waals surface area contributed by atoms with Crippen molar-refractivity contribution in [2.75, 3.05) is 0 Å². The molecular formula is C18H7BrO2S. The van der Waals surface area contributed by atoms with Gasteiger partial charge in [-0.2, -0.15) is 0 Å². The third-order valence-electron chi connectivity index (χ3n) is 4.26. The molecule has 0 saturated carbocycles. The highest BCUT2D eigenvalue weighted by Gasteiger charge is 2.21. The second-order valence-corrected chi connectivity index (χ2v) is 7.34. The van der Waals surface area contributed by atoms with Gasteiger partial charge in [0.25, 0.3) is 0 Å². The lowest BCUT2D eigenvalue weighted by atomic mass is 10.1. The molecule has 0 bridgehead atoms. The standard InChI is InChI=1S/C18H7BrO2S/c19-8-5-6-10-12(7-8)16(21)18-14(10)13-9-3-1-2-4-11(9)15(20)17(13)22-18/h1-7H. The Hall–Kier alpha value is -2.04. The Labute approximate surface area is 136 Å². The minimum Gasteiger partial charge on any atom is -0.288 e. The van der Waals surface area contributed by atoms with Crippen LogP contribution in [-0.2, 0) is 0 Å². The van der Waals surface area contributed by atoms with Gasteiger partial charge in [-0.3, -0.25) is 9.59 Å². The van der Waals surface area contributed by atoms with Crippen molar-refractivity contribution >= 4 is 69.0 Å². The quantitative estimate of drug-likeness (QED) is 0.397. The molecule has 0 N–H and O–H groups in total. The number of benzene rings is 2. The fourth-order valence-electron chi connectivity index (χ4n) is 3.33. The first-order chi connectivity index (χ1) is 10.7. The van der Waals surface area contributed by atoms with Gasteiger partial charge in [0.2, 0.25) is 10.9 Å². The molecule has 5 aromatic rings. The maximum Gasteiger partial charge on any atom is 0.204 e. The van der Waals surface area contributed by atoms with Crippen molar-refractivity contribution in [1.82, 2.24) is 0 Å². The van der Waals surface area contributed by atoms with E-state index in [1.54, 1.807) is 0 Å². The molecule has 0 atom stereocenters. The molecule has 5 rings (SSSR count). The van der Waals surface area contributed by atoms with Crippen LogP contribution in [-0.4, -0.2) is 0 Å². The summed E-state index contributed by atoms with van der Waals surface area (Å²) in [6.07, 6.45) is 0. The third kappa shape index (κ3) is 1.35. The molecule has 22 heavy (non-hydrogen) atoms. The van der Waals surface area contributed by atoms with Gasteiger partial charge in [0, 0.05) is 26.0 Å². The van der Waals surface area contributed by atoms with Gasteiger partial charge in [0.15, 0.2) is 0 Å². The summed E-state index contributed by atoms with van der Waals surface area (Å²) in [4.78, 5) is 25.2. The first kappa shape index (κ1) is 12.5. The van der Waals surface area contributed by atoms with E-state index in [4.69, 9.17) is 0 Å². The SMILES string of the molecule is O=c1c2ccccc2c2c1sc1c(=O)c3cc(Br)ccc3c12. The molecule has 0 aliphatic rings. The van der Waals surface area contributed by atoms with Gasteiger partial charge in [-0.1, -0.05) is 46.3 Å². The minimum atomic E-state index is 0.0241. The Morgan fingerprint density at radius 1 is 0.727 bits per heavy atom. The van der Waals surface area contributed by atoms with Gasteiger partial charge in [-0.15, -0.1) is 11.3 Å². The lowest BCUT2D eigenvalue weighted by molar-refractivity contribution is 1.74. The van der Waals surface area contributed by atoms with E-state index in [9.17, 15) is 9.59 Å². The average molecular weight is 367 g/mol. The van der Waals surface area contributed by atoms with Crippen LogP contribution in [0.3, 0.4) is 0 Å². The zero-order chi connectivity index (χ0) is 15.0. The molecule has 0 aliphatic carbocycles. The van der Waals surface area contributed by atoms with Gasteiger partial charge >= 0.3 is 0 Å². The van der Waals surface area contributed by atoms with E-state index in [0.717, 1.165) is 36.8 Å². The summed E-state index contributed by atoms with van der Waals surface area (Å²) in [6.45, 7) is 0. The van der Waals surface area contributed by atoms with E-state index in [-0.39, 0.29) is 10.9 Å². The summed E-state index contributed by atoms with van der Waals surface area (Å²) in [7, 11) is 0. The number of hydrogen-bond acceptors (Lipinski definition) is 3. The zero-order valence-corrected chi connectivity index (χ0v) is 13.5. The van der Waals surface area contributed by atoms with Crippen LogP contribution in [0.1, 0.15) is 0 Å². The van der Waals surface area contributed by atoms with E-state index < -0.39 is 0 Å². The van der Waals surface area contributed by atoms with Gasteiger partial charge in [0.05, 0.1) is 9.40 Å². The predicted octanol–water partition coefficient (Wildman–Crippen LogP) is 4.72. The van der Waals surface area contributed by atoms with Crippen LogP contribution in [0.25, 0.3) is 41.7 Å². The van der Waals surface area contributed by atoms with Gasteiger partial charge < -0.3 is 0 Å². The summed E-state index contributed by atoms with van der Waals surface area (Å²) in [5.41, 5.74) is 0.0624. The first-order valence-corrected chi connectivity index (χ1v) is 8.43. The molecule has 0 aliphatic heterocycles. The fraction of sp³-hybridized carbons (Fsp3) is 0. The highest BCUT2D eigenvalue weighted by molar-refractivity contribution is 9.10. The van der Waals surface area contributed by atoms with E-state index in [1.165, 1.54) is 11.3 Å². The molecule has 0 amide bonds. The smallest absolute Gasteiger partial charge is 0.204 e. The normalized spacial score (nSPS) is 12.2. The van der Waals surface area contributed by atoms with Gasteiger partial charge in [-0.05, 0) is 22.9 Å². The van der Waals surface area contributed by atoms with Crippen LogP contribution >= 0.6 is 27.3 Å². The second-order valence-electron chi connectivity index (χ2n) is 5.40. The Bertz CT molecular complexity index is 1320. The van der Waals surface area contributed by atoms with Crippen LogP contribution in [0, 0.1) is 0 Å². The van der Waals surface area contributed by atoms with Crippen molar-refractivity contribution in [1.29, 1.82) is 0 Å². The summed E-state index contributed by atoms with van der Waals surface area (Å²) < 4.78 is 2.29. The average Bonchev–Trinajstić information content (AvgIpc) is 3.12. The van der Waals surface area contributed by atoms with E-state index in [1.807, 2.05) is 42.5 Å². The van der Waals surface area contributed by atoms with Crippen molar-refractivity contribution in [2.24, 2.45) is 0 Å². The van der Waals surface area contributed by atoms with Crippen molar-refractivity contribution in [2.45, 2.75) is 0 Å². The molecule has 0 fully saturated rings. The molecule has 1 aromatic heterocycles. The zero-order valence-electron chi connectivity index (χ0n) is 11.1. The van der Waals surface area contributed by atoms with Crippen molar-refractivity contribution < 1.29 is 0 Å². The molecular weight excluding hydrogens is 360 g/mol.